The molecule has 0 bridgehead atoms. The van der Waals surface area contributed by atoms with Crippen molar-refractivity contribution in [3.8, 4) is 91.0 Å². The van der Waals surface area contributed by atoms with E-state index in [1.54, 1.807) is 18.6 Å². The van der Waals surface area contributed by atoms with E-state index < -0.39 is 0 Å². The molecule has 12 rings (SSSR count). The molecule has 0 aliphatic heterocycles. The van der Waals surface area contributed by atoms with Gasteiger partial charge in [-0.05, 0) is 103 Å². The Balaban J connectivity index is 0.000000215. The summed E-state index contributed by atoms with van der Waals surface area (Å²) in [4.78, 5) is 35.7. The summed E-state index contributed by atoms with van der Waals surface area (Å²) in [5.41, 5.74) is 14.6. The Morgan fingerprint density at radius 3 is 0.944 bits per heavy atom. The van der Waals surface area contributed by atoms with Crippen molar-refractivity contribution in [2.24, 2.45) is 0 Å². The van der Waals surface area contributed by atoms with E-state index in [-0.39, 0.29) is 80.4 Å². The number of hydrogen-bond donors (Lipinski definition) is 0. The van der Waals surface area contributed by atoms with Crippen molar-refractivity contribution >= 4 is 0 Å². The Kier molecular flexibility index (Phi) is 29.5. The molecule has 16 heteroatoms. The van der Waals surface area contributed by atoms with Crippen LogP contribution in [0.1, 0.15) is 65.3 Å². The fraction of sp³-hybridized carbons (Fsp3) is 0.135. The van der Waals surface area contributed by atoms with E-state index >= 15 is 0 Å². The summed E-state index contributed by atoms with van der Waals surface area (Å²) in [6.07, 6.45) is 6.98. The molecule has 0 amide bonds. The fourth-order valence-corrected chi connectivity index (χ4v) is 8.53. The first kappa shape index (κ1) is 72.6. The van der Waals surface area contributed by atoms with Gasteiger partial charge in [0, 0.05) is 179 Å². The van der Waals surface area contributed by atoms with Crippen LogP contribution in [-0.2, 0) is 80.4 Å². The molecule has 0 unspecified atom stereocenters. The van der Waals surface area contributed by atoms with Gasteiger partial charge in [0.2, 0.25) is 0 Å². The average molecular weight is 1900 g/mol. The van der Waals surface area contributed by atoms with E-state index in [9.17, 15) is 0 Å². The summed E-state index contributed by atoms with van der Waals surface area (Å²) < 4.78 is 23.0. The average Bonchev–Trinajstić information content (AvgIpc) is 1.33. The van der Waals surface area contributed by atoms with Crippen LogP contribution in [-0.4, -0.2) is 39.9 Å². The molecule has 12 nitrogen and oxygen atoms in total. The molecular weight excluding hydrogens is 1830 g/mol. The molecule has 0 N–H and O–H groups in total. The zero-order chi connectivity index (χ0) is 60.2. The van der Waals surface area contributed by atoms with Gasteiger partial charge in [-0.2, -0.15) is 0 Å². The van der Waals surface area contributed by atoms with Gasteiger partial charge in [0.1, 0.15) is 23.0 Å². The summed E-state index contributed by atoms with van der Waals surface area (Å²) in [5.74, 6) is 6.63. The van der Waals surface area contributed by atoms with Crippen molar-refractivity contribution in [1.29, 1.82) is 0 Å². The number of benzene rings is 8. The number of ether oxygens (including phenoxy) is 4. The maximum Gasteiger partial charge on any atom is 0.114 e. The van der Waals surface area contributed by atoms with Crippen LogP contribution >= 0.6 is 0 Å². The minimum Gasteiger partial charge on any atom is -0.502 e. The summed E-state index contributed by atoms with van der Waals surface area (Å²) in [6.45, 7) is 18.0. The Bertz CT molecular complexity index is 4090. The fourth-order valence-electron chi connectivity index (χ4n) is 8.53. The molecule has 0 saturated heterocycles. The molecular formula is C74H64Ir4N8O4-4. The van der Waals surface area contributed by atoms with Gasteiger partial charge in [-0.3, -0.25) is 24.9 Å². The summed E-state index contributed by atoms with van der Waals surface area (Å²) in [7, 11) is 0. The third-order valence-corrected chi connectivity index (χ3v) is 13.1. The van der Waals surface area contributed by atoms with Crippen molar-refractivity contribution in [3.63, 3.8) is 0 Å². The zero-order valence-electron chi connectivity index (χ0n) is 50.9. The van der Waals surface area contributed by atoms with Crippen LogP contribution in [0.15, 0.2) is 219 Å². The van der Waals surface area contributed by atoms with Crippen LogP contribution in [0.5, 0.6) is 46.0 Å². The molecule has 0 atom stereocenters. The van der Waals surface area contributed by atoms with Crippen LogP contribution in [0, 0.1) is 72.7 Å². The molecule has 12 aromatic rings. The molecule has 4 heterocycles. The first-order valence-electron chi connectivity index (χ1n) is 28.0. The van der Waals surface area contributed by atoms with Gasteiger partial charge in [0.25, 0.3) is 0 Å². The Hall–Kier alpha value is -8.12. The maximum absolute atomic E-state index is 5.78. The van der Waals surface area contributed by atoms with Crippen LogP contribution in [0.25, 0.3) is 45.0 Å². The first-order chi connectivity index (χ1) is 41.8. The van der Waals surface area contributed by atoms with E-state index in [0.29, 0.717) is 5.92 Å². The van der Waals surface area contributed by atoms with E-state index in [0.717, 1.165) is 137 Å². The SMILES string of the molecule is Cc1cnc(-c2[c-]cc(Oc3ccccc3)cc2)c(C)n1.Cc1nc(C(C)C)cnc1-c1[c-]cc(Oc2ccccc2)cc1.Cc1nc(C)c(-c2[c-]cc(Oc3ccccc3)cc2)nc1C.Cc1nccnc1-c1[c-]cc(Oc2ccccc2)cc1.[Ir].[Ir].[Ir].[Ir]. The predicted molar refractivity (Wildman–Crippen MR) is 339 cm³/mol. The van der Waals surface area contributed by atoms with E-state index in [4.69, 9.17) is 18.9 Å². The Labute approximate surface area is 582 Å². The van der Waals surface area contributed by atoms with Gasteiger partial charge < -0.3 is 33.9 Å². The summed E-state index contributed by atoms with van der Waals surface area (Å²) >= 11 is 0. The van der Waals surface area contributed by atoms with Gasteiger partial charge >= 0.3 is 0 Å². The van der Waals surface area contributed by atoms with Crippen molar-refractivity contribution in [1.82, 2.24) is 39.9 Å². The van der Waals surface area contributed by atoms with E-state index in [1.165, 1.54) is 0 Å². The van der Waals surface area contributed by atoms with Gasteiger partial charge in [0.05, 0.1) is 17.1 Å². The number of aromatic nitrogens is 8. The molecule has 0 fully saturated rings. The van der Waals surface area contributed by atoms with Gasteiger partial charge in [0.15, 0.2) is 0 Å². The number of nitrogens with zero attached hydrogens (tertiary/aromatic N) is 8. The largest absolute Gasteiger partial charge is 0.502 e. The van der Waals surface area contributed by atoms with E-state index in [1.807, 2.05) is 249 Å². The normalized spacial score (nSPS) is 10.0. The van der Waals surface area contributed by atoms with Crippen LogP contribution in [0.3, 0.4) is 0 Å². The summed E-state index contributed by atoms with van der Waals surface area (Å²) in [6, 6.07) is 74.4. The quantitative estimate of drug-likeness (QED) is 0.102. The molecule has 0 aliphatic carbocycles. The van der Waals surface area contributed by atoms with Crippen molar-refractivity contribution < 1.29 is 99.4 Å². The monoisotopic (exact) mass is 1900 g/mol. The molecule has 0 aliphatic rings. The molecule has 4 aromatic heterocycles. The first-order valence-corrected chi connectivity index (χ1v) is 28.0. The molecule has 8 aromatic carbocycles. The number of hydrogen-bond acceptors (Lipinski definition) is 12. The number of para-hydroxylation sites is 4. The molecule has 90 heavy (non-hydrogen) atoms. The molecule has 0 saturated carbocycles. The van der Waals surface area contributed by atoms with Gasteiger partial charge in [-0.1, -0.05) is 86.6 Å². The Morgan fingerprint density at radius 1 is 0.289 bits per heavy atom. The van der Waals surface area contributed by atoms with Gasteiger partial charge in [-0.15, -0.1) is 119 Å². The van der Waals surface area contributed by atoms with Crippen molar-refractivity contribution in [3.05, 3.63) is 289 Å². The second kappa shape index (κ2) is 36.5. The minimum absolute atomic E-state index is 0. The van der Waals surface area contributed by atoms with Crippen molar-refractivity contribution in [2.75, 3.05) is 0 Å². The van der Waals surface area contributed by atoms with Gasteiger partial charge in [-0.25, -0.2) is 0 Å². The smallest absolute Gasteiger partial charge is 0.114 e. The van der Waals surface area contributed by atoms with Crippen molar-refractivity contribution in [2.45, 2.75) is 68.2 Å². The maximum atomic E-state index is 5.78. The topological polar surface area (TPSA) is 140 Å². The zero-order valence-corrected chi connectivity index (χ0v) is 60.5. The predicted octanol–water partition coefficient (Wildman–Crippen LogP) is 18.2. The molecule has 0 spiro atoms. The molecule has 4 radical (unpaired) electrons. The second-order valence-corrected chi connectivity index (χ2v) is 20.1. The number of rotatable bonds is 13. The van der Waals surface area contributed by atoms with Crippen LogP contribution < -0.4 is 18.9 Å². The Morgan fingerprint density at radius 2 is 0.611 bits per heavy atom. The number of aryl methyl sites for hydroxylation is 7. The summed E-state index contributed by atoms with van der Waals surface area (Å²) in [5, 5.41) is 0. The van der Waals surface area contributed by atoms with E-state index in [2.05, 4.69) is 78.0 Å². The molecule has 464 valence electrons. The standard InChI is InChI=1S/C20H19N2O.C19H17N2O.C18H15N2O.C17H13N2O.4Ir/c1-14(2)19-13-21-20(15(3)22-19)16-9-11-18(12-10-16)23-17-7-5-4-6-8-17;1-13-14(2)21-19(15(3)20-13)16-9-11-18(12-10-16)22-17-7-5-4-6-8-17;1-13-12-19-18(14(2)20-13)15-8-10-17(11-9-15)21-16-6-4-3-5-7-16;1-13-17(19-12-11-18-13)14-7-9-16(10-8-14)20-15-5-3-2-4-6-15;;;;/h4-9,11-14H,1-3H3;4-9,11-12H,1-3H3;3-8,10-12H,1-2H3;2-7,9-12H,1H3;;;;/q4*-1;;;;. The third kappa shape index (κ3) is 21.3. The second-order valence-electron chi connectivity index (χ2n) is 20.1. The van der Waals surface area contributed by atoms with Crippen LogP contribution in [0.4, 0.5) is 0 Å². The van der Waals surface area contributed by atoms with Crippen LogP contribution in [0.2, 0.25) is 0 Å². The minimum atomic E-state index is 0. The third-order valence-electron chi connectivity index (χ3n) is 13.1.